The molecule has 1 aliphatic rings. The van der Waals surface area contributed by atoms with Crippen LogP contribution in [0, 0.1) is 0 Å². The maximum absolute atomic E-state index is 12.5. The molecule has 0 aliphatic carbocycles. The first-order valence-corrected chi connectivity index (χ1v) is 9.18. The Morgan fingerprint density at radius 2 is 1.71 bits per heavy atom. The van der Waals surface area contributed by atoms with Gasteiger partial charge in [0.1, 0.15) is 5.71 Å². The van der Waals surface area contributed by atoms with E-state index in [9.17, 15) is 14.4 Å². The highest BCUT2D eigenvalue weighted by Gasteiger charge is 2.24. The van der Waals surface area contributed by atoms with Crippen LogP contribution in [0.3, 0.4) is 0 Å². The first-order chi connectivity index (χ1) is 13.6. The van der Waals surface area contributed by atoms with Crippen LogP contribution in [0.1, 0.15) is 35.7 Å². The van der Waals surface area contributed by atoms with Crippen LogP contribution in [0.2, 0.25) is 0 Å². The topological polar surface area (TPSA) is 90.9 Å². The van der Waals surface area contributed by atoms with Crippen molar-refractivity contribution in [2.24, 2.45) is 5.10 Å². The monoisotopic (exact) mass is 378 g/mol. The van der Waals surface area contributed by atoms with Crippen LogP contribution in [-0.2, 0) is 16.1 Å². The number of benzene rings is 2. The van der Waals surface area contributed by atoms with Crippen molar-refractivity contribution in [3.05, 3.63) is 65.7 Å². The van der Waals surface area contributed by atoms with Crippen molar-refractivity contribution >= 4 is 29.1 Å². The van der Waals surface area contributed by atoms with E-state index in [2.05, 4.69) is 15.7 Å². The van der Waals surface area contributed by atoms with Gasteiger partial charge in [0.2, 0.25) is 5.91 Å². The standard InChI is InChI=1S/C21H22N4O3/c1-2-22-20(27)16-8-10-17(11-9-16)23-21(28)18-12-13-19(26)25(24-18)14-15-6-4-3-5-7-15/h3-11H,2,12-14H2,1H3,(H,22,27)(H,23,28). The Morgan fingerprint density at radius 1 is 1.00 bits per heavy atom. The first kappa shape index (κ1) is 19.3. The van der Waals surface area contributed by atoms with E-state index in [-0.39, 0.29) is 24.1 Å². The fourth-order valence-electron chi connectivity index (χ4n) is 2.82. The number of carbonyl (C=O) groups excluding carboxylic acids is 3. The third-order valence-corrected chi connectivity index (χ3v) is 4.28. The third-order valence-electron chi connectivity index (χ3n) is 4.28. The second kappa shape index (κ2) is 8.94. The molecular weight excluding hydrogens is 356 g/mol. The number of hydrogen-bond acceptors (Lipinski definition) is 4. The summed E-state index contributed by atoms with van der Waals surface area (Å²) in [4.78, 5) is 36.5. The quantitative estimate of drug-likeness (QED) is 0.809. The molecule has 0 atom stereocenters. The molecular formula is C21H22N4O3. The number of rotatable bonds is 6. The minimum absolute atomic E-state index is 0.105. The third kappa shape index (κ3) is 4.82. The van der Waals surface area contributed by atoms with E-state index in [1.165, 1.54) is 5.01 Å². The summed E-state index contributed by atoms with van der Waals surface area (Å²) in [7, 11) is 0. The molecule has 2 N–H and O–H groups in total. The van der Waals surface area contributed by atoms with Gasteiger partial charge in [0, 0.05) is 30.6 Å². The summed E-state index contributed by atoms with van der Waals surface area (Å²) in [6.45, 7) is 2.73. The molecule has 1 aliphatic heterocycles. The van der Waals surface area contributed by atoms with Crippen molar-refractivity contribution in [3.63, 3.8) is 0 Å². The van der Waals surface area contributed by atoms with Gasteiger partial charge in [-0.25, -0.2) is 5.01 Å². The first-order valence-electron chi connectivity index (χ1n) is 9.18. The summed E-state index contributed by atoms with van der Waals surface area (Å²) >= 11 is 0. The van der Waals surface area contributed by atoms with E-state index in [1.54, 1.807) is 24.3 Å². The smallest absolute Gasteiger partial charge is 0.271 e. The molecule has 0 saturated carbocycles. The van der Waals surface area contributed by atoms with Gasteiger partial charge in [0.15, 0.2) is 0 Å². The molecule has 0 aromatic heterocycles. The summed E-state index contributed by atoms with van der Waals surface area (Å²) in [6.07, 6.45) is 0.544. The van der Waals surface area contributed by atoms with Crippen LogP contribution in [0.15, 0.2) is 59.7 Å². The fraction of sp³-hybridized carbons (Fsp3) is 0.238. The average molecular weight is 378 g/mol. The minimum atomic E-state index is -0.351. The number of hydrogen-bond donors (Lipinski definition) is 2. The van der Waals surface area contributed by atoms with Crippen molar-refractivity contribution in [2.45, 2.75) is 26.3 Å². The van der Waals surface area contributed by atoms with Crippen LogP contribution in [-0.4, -0.2) is 35.0 Å². The molecule has 0 spiro atoms. The van der Waals surface area contributed by atoms with Gasteiger partial charge in [0.25, 0.3) is 11.8 Å². The molecule has 0 unspecified atom stereocenters. The lowest BCUT2D eigenvalue weighted by Crippen LogP contribution is -2.36. The highest BCUT2D eigenvalue weighted by molar-refractivity contribution is 6.43. The van der Waals surface area contributed by atoms with Gasteiger partial charge in [-0.1, -0.05) is 30.3 Å². The Kier molecular flexibility index (Phi) is 6.16. The Balaban J connectivity index is 1.66. The lowest BCUT2D eigenvalue weighted by molar-refractivity contribution is -0.132. The number of carbonyl (C=O) groups is 3. The molecule has 1 heterocycles. The molecule has 144 valence electrons. The van der Waals surface area contributed by atoms with Gasteiger partial charge in [-0.3, -0.25) is 14.4 Å². The lowest BCUT2D eigenvalue weighted by Gasteiger charge is -2.23. The largest absolute Gasteiger partial charge is 0.352 e. The average Bonchev–Trinajstić information content (AvgIpc) is 2.71. The normalized spacial score (nSPS) is 13.7. The minimum Gasteiger partial charge on any atom is -0.352 e. The van der Waals surface area contributed by atoms with E-state index in [0.717, 1.165) is 5.56 Å². The van der Waals surface area contributed by atoms with Crippen molar-refractivity contribution < 1.29 is 14.4 Å². The second-order valence-corrected chi connectivity index (χ2v) is 6.37. The van der Waals surface area contributed by atoms with Crippen LogP contribution in [0.5, 0.6) is 0 Å². The summed E-state index contributed by atoms with van der Waals surface area (Å²) in [5.74, 6) is -0.616. The maximum Gasteiger partial charge on any atom is 0.271 e. The molecule has 0 saturated heterocycles. The lowest BCUT2D eigenvalue weighted by atomic mass is 10.1. The predicted molar refractivity (Wildman–Crippen MR) is 107 cm³/mol. The van der Waals surface area contributed by atoms with E-state index < -0.39 is 0 Å². The fourth-order valence-corrected chi connectivity index (χ4v) is 2.82. The van der Waals surface area contributed by atoms with E-state index in [0.29, 0.717) is 36.5 Å². The van der Waals surface area contributed by atoms with E-state index in [4.69, 9.17) is 0 Å². The molecule has 7 nitrogen and oxygen atoms in total. The highest BCUT2D eigenvalue weighted by atomic mass is 16.2. The number of hydrazone groups is 1. The van der Waals surface area contributed by atoms with Gasteiger partial charge < -0.3 is 10.6 Å². The SMILES string of the molecule is CCNC(=O)c1ccc(NC(=O)C2=NN(Cc3ccccc3)C(=O)CC2)cc1. The van der Waals surface area contributed by atoms with Crippen molar-refractivity contribution in [1.29, 1.82) is 0 Å². The number of anilines is 1. The van der Waals surface area contributed by atoms with Gasteiger partial charge >= 0.3 is 0 Å². The number of amides is 3. The van der Waals surface area contributed by atoms with Gasteiger partial charge in [0.05, 0.1) is 6.54 Å². The summed E-state index contributed by atoms with van der Waals surface area (Å²) < 4.78 is 0. The zero-order valence-electron chi connectivity index (χ0n) is 15.6. The van der Waals surface area contributed by atoms with Gasteiger partial charge in [-0.2, -0.15) is 5.10 Å². The van der Waals surface area contributed by atoms with Crippen LogP contribution in [0.25, 0.3) is 0 Å². The highest BCUT2D eigenvalue weighted by Crippen LogP contribution is 2.15. The summed E-state index contributed by atoms with van der Waals surface area (Å²) in [6, 6.07) is 16.1. The molecule has 0 fully saturated rings. The zero-order chi connectivity index (χ0) is 19.9. The predicted octanol–water partition coefficient (Wildman–Crippen LogP) is 2.55. The Morgan fingerprint density at radius 3 is 2.39 bits per heavy atom. The Bertz CT molecular complexity index is 892. The van der Waals surface area contributed by atoms with Gasteiger partial charge in [-0.05, 0) is 36.8 Å². The van der Waals surface area contributed by atoms with Crippen LogP contribution in [0.4, 0.5) is 5.69 Å². The molecule has 2 aromatic rings. The zero-order valence-corrected chi connectivity index (χ0v) is 15.6. The molecule has 0 bridgehead atoms. The summed E-state index contributed by atoms with van der Waals surface area (Å²) in [5, 5.41) is 11.1. The van der Waals surface area contributed by atoms with Crippen LogP contribution >= 0.6 is 0 Å². The van der Waals surface area contributed by atoms with E-state index >= 15 is 0 Å². The van der Waals surface area contributed by atoms with Crippen LogP contribution < -0.4 is 10.6 Å². The number of nitrogens with zero attached hydrogens (tertiary/aromatic N) is 2. The van der Waals surface area contributed by atoms with Crippen molar-refractivity contribution in [3.8, 4) is 0 Å². The molecule has 3 rings (SSSR count). The Labute approximate surface area is 163 Å². The molecule has 2 aromatic carbocycles. The summed E-state index contributed by atoms with van der Waals surface area (Å²) in [5.41, 5.74) is 2.34. The molecule has 28 heavy (non-hydrogen) atoms. The molecule has 7 heteroatoms. The molecule has 0 radical (unpaired) electrons. The van der Waals surface area contributed by atoms with Crippen molar-refractivity contribution in [1.82, 2.24) is 10.3 Å². The van der Waals surface area contributed by atoms with Crippen molar-refractivity contribution in [2.75, 3.05) is 11.9 Å². The second-order valence-electron chi connectivity index (χ2n) is 6.37. The molecule has 3 amide bonds. The van der Waals surface area contributed by atoms with E-state index in [1.807, 2.05) is 37.3 Å². The number of nitrogens with one attached hydrogen (secondary N) is 2. The Hall–Kier alpha value is -3.48. The van der Waals surface area contributed by atoms with Gasteiger partial charge in [-0.15, -0.1) is 0 Å². The maximum atomic E-state index is 12.5.